The van der Waals surface area contributed by atoms with E-state index in [0.29, 0.717) is 12.8 Å². The van der Waals surface area contributed by atoms with Gasteiger partial charge in [-0.25, -0.2) is 0 Å². The Morgan fingerprint density at radius 2 is 0.792 bits per heavy atom. The second kappa shape index (κ2) is 8.87. The van der Waals surface area contributed by atoms with Gasteiger partial charge in [-0.3, -0.25) is 9.59 Å². The van der Waals surface area contributed by atoms with E-state index < -0.39 is 11.9 Å². The fourth-order valence-corrected chi connectivity index (χ4v) is 2.54. The highest BCUT2D eigenvalue weighted by Gasteiger charge is 2.02. The van der Waals surface area contributed by atoms with Gasteiger partial charge in [-0.15, -0.1) is 0 Å². The van der Waals surface area contributed by atoms with Crippen LogP contribution in [0.4, 0.5) is 0 Å². The van der Waals surface area contributed by atoms with Gasteiger partial charge in [0.1, 0.15) is 0 Å². The van der Waals surface area contributed by atoms with Crippen molar-refractivity contribution in [2.75, 3.05) is 0 Å². The summed E-state index contributed by atoms with van der Waals surface area (Å²) in [5.74, 6) is -1.54. The van der Waals surface area contributed by atoms with Gasteiger partial charge in [0, 0.05) is 12.8 Å². The zero-order valence-electron chi connectivity index (χ0n) is 13.6. The van der Waals surface area contributed by atoms with E-state index in [1.54, 1.807) is 0 Å². The number of hydrogen-bond donors (Lipinski definition) is 2. The van der Waals surface area contributed by atoms with E-state index in [9.17, 15) is 9.59 Å². The first-order valence-electron chi connectivity index (χ1n) is 8.12. The smallest absolute Gasteiger partial charge is 0.303 e. The monoisotopic (exact) mass is 326 g/mol. The lowest BCUT2D eigenvalue weighted by molar-refractivity contribution is -0.138. The van der Waals surface area contributed by atoms with E-state index in [2.05, 4.69) is 24.3 Å². The zero-order valence-corrected chi connectivity index (χ0v) is 13.6. The normalized spacial score (nSPS) is 10.5. The Bertz CT molecular complexity index is 610. The number of benzene rings is 2. The third-order valence-electron chi connectivity index (χ3n) is 4.00. The van der Waals surface area contributed by atoms with Crippen molar-refractivity contribution < 1.29 is 19.8 Å². The number of aliphatic carboxylic acids is 2. The molecule has 0 radical (unpaired) electrons. The molecule has 0 saturated heterocycles. The van der Waals surface area contributed by atoms with Crippen LogP contribution < -0.4 is 0 Å². The quantitative estimate of drug-likeness (QED) is 0.739. The van der Waals surface area contributed by atoms with Crippen molar-refractivity contribution in [1.82, 2.24) is 0 Å². The van der Waals surface area contributed by atoms with E-state index in [4.69, 9.17) is 10.2 Å². The maximum Gasteiger partial charge on any atom is 0.303 e. The summed E-state index contributed by atoms with van der Waals surface area (Å²) in [4.78, 5) is 21.1. The lowest BCUT2D eigenvalue weighted by atomic mass is 10.0. The van der Waals surface area contributed by atoms with E-state index in [0.717, 1.165) is 24.0 Å². The molecule has 0 spiro atoms. The van der Waals surface area contributed by atoms with Crippen LogP contribution in [0.1, 0.15) is 35.1 Å². The number of rotatable bonds is 9. The van der Waals surface area contributed by atoms with E-state index in [-0.39, 0.29) is 12.8 Å². The van der Waals surface area contributed by atoms with Crippen LogP contribution in [-0.4, -0.2) is 22.2 Å². The molecule has 0 saturated carbocycles. The van der Waals surface area contributed by atoms with Crippen LogP contribution in [0.15, 0.2) is 48.5 Å². The van der Waals surface area contributed by atoms with Crippen molar-refractivity contribution in [2.45, 2.75) is 38.5 Å². The van der Waals surface area contributed by atoms with Crippen molar-refractivity contribution in [1.29, 1.82) is 0 Å². The fourth-order valence-electron chi connectivity index (χ4n) is 2.54. The Morgan fingerprint density at radius 3 is 1.04 bits per heavy atom. The summed E-state index contributed by atoms with van der Waals surface area (Å²) in [7, 11) is 0. The Hall–Kier alpha value is -2.62. The van der Waals surface area contributed by atoms with Crippen LogP contribution in [0, 0.1) is 0 Å². The summed E-state index contributed by atoms with van der Waals surface area (Å²) in [5.41, 5.74) is 4.54. The molecule has 0 amide bonds. The molecule has 0 aliphatic carbocycles. The predicted molar refractivity (Wildman–Crippen MR) is 92.2 cm³/mol. The van der Waals surface area contributed by atoms with Crippen molar-refractivity contribution in [3.63, 3.8) is 0 Å². The minimum Gasteiger partial charge on any atom is -0.481 e. The topological polar surface area (TPSA) is 74.6 Å². The summed E-state index contributed by atoms with van der Waals surface area (Å²) in [6.45, 7) is 0. The third-order valence-corrected chi connectivity index (χ3v) is 4.00. The van der Waals surface area contributed by atoms with Gasteiger partial charge in [0.25, 0.3) is 0 Å². The van der Waals surface area contributed by atoms with Gasteiger partial charge in [-0.2, -0.15) is 0 Å². The lowest BCUT2D eigenvalue weighted by Crippen LogP contribution is -1.98. The molecule has 0 fully saturated rings. The summed E-state index contributed by atoms with van der Waals surface area (Å²) < 4.78 is 0. The largest absolute Gasteiger partial charge is 0.481 e. The van der Waals surface area contributed by atoms with Crippen molar-refractivity contribution in [3.8, 4) is 0 Å². The fraction of sp³-hybridized carbons (Fsp3) is 0.300. The van der Waals surface area contributed by atoms with Crippen LogP contribution in [0.5, 0.6) is 0 Å². The molecular formula is C20H22O4. The molecule has 24 heavy (non-hydrogen) atoms. The predicted octanol–water partition coefficient (Wildman–Crippen LogP) is 3.51. The molecule has 0 aromatic heterocycles. The highest BCUT2D eigenvalue weighted by molar-refractivity contribution is 5.67. The minimum absolute atomic E-state index is 0.160. The molecule has 0 unspecified atom stereocenters. The standard InChI is InChI=1S/C20H22O4/c21-19(22)13-11-17-7-3-15(4-8-17)1-2-16-5-9-18(10-6-16)12-14-20(23)24/h3-10H,1-2,11-14H2,(H,21,22)(H,23,24). The number of hydrogen-bond acceptors (Lipinski definition) is 2. The maximum absolute atomic E-state index is 10.6. The number of carbonyl (C=O) groups is 2. The molecule has 0 bridgehead atoms. The van der Waals surface area contributed by atoms with Gasteiger partial charge < -0.3 is 10.2 Å². The highest BCUT2D eigenvalue weighted by atomic mass is 16.4. The molecule has 126 valence electrons. The average molecular weight is 326 g/mol. The maximum atomic E-state index is 10.6. The first-order chi connectivity index (χ1) is 11.5. The van der Waals surface area contributed by atoms with Crippen LogP contribution in [0.25, 0.3) is 0 Å². The molecule has 2 N–H and O–H groups in total. The summed E-state index contributed by atoms with van der Waals surface area (Å²) in [6.07, 6.45) is 3.29. The van der Waals surface area contributed by atoms with Crippen LogP contribution in [0.2, 0.25) is 0 Å². The SMILES string of the molecule is O=C(O)CCc1ccc(CCc2ccc(CCC(=O)O)cc2)cc1. The molecule has 0 aliphatic heterocycles. The van der Waals surface area contributed by atoms with Gasteiger partial charge >= 0.3 is 11.9 Å². The van der Waals surface area contributed by atoms with Crippen molar-refractivity contribution in [3.05, 3.63) is 70.8 Å². The number of aryl methyl sites for hydroxylation is 4. The summed E-state index contributed by atoms with van der Waals surface area (Å²) in [6, 6.07) is 16.2. The Labute approximate surface area is 141 Å². The lowest BCUT2D eigenvalue weighted by Gasteiger charge is -2.05. The molecule has 0 atom stereocenters. The molecule has 2 aromatic rings. The van der Waals surface area contributed by atoms with Crippen molar-refractivity contribution >= 4 is 11.9 Å². The Kier molecular flexibility index (Phi) is 6.55. The van der Waals surface area contributed by atoms with Gasteiger partial charge in [0.05, 0.1) is 0 Å². The summed E-state index contributed by atoms with van der Waals surface area (Å²) in [5, 5.41) is 17.4. The van der Waals surface area contributed by atoms with Gasteiger partial charge in [0.15, 0.2) is 0 Å². The Balaban J connectivity index is 1.82. The number of carboxylic acids is 2. The Morgan fingerprint density at radius 1 is 0.542 bits per heavy atom. The number of carboxylic acid groups (broad SMARTS) is 2. The highest BCUT2D eigenvalue weighted by Crippen LogP contribution is 2.12. The van der Waals surface area contributed by atoms with Crippen LogP contribution in [-0.2, 0) is 35.3 Å². The van der Waals surface area contributed by atoms with Gasteiger partial charge in [-0.1, -0.05) is 48.5 Å². The summed E-state index contributed by atoms with van der Waals surface area (Å²) >= 11 is 0. The van der Waals surface area contributed by atoms with E-state index >= 15 is 0 Å². The molecule has 4 heteroatoms. The average Bonchev–Trinajstić information content (AvgIpc) is 2.58. The van der Waals surface area contributed by atoms with Gasteiger partial charge in [-0.05, 0) is 47.9 Å². The first-order valence-corrected chi connectivity index (χ1v) is 8.12. The van der Waals surface area contributed by atoms with Crippen LogP contribution in [0.3, 0.4) is 0 Å². The van der Waals surface area contributed by atoms with E-state index in [1.165, 1.54) is 11.1 Å². The molecule has 0 aliphatic rings. The third kappa shape index (κ3) is 6.24. The first kappa shape index (κ1) is 17.7. The second-order valence-electron chi connectivity index (χ2n) is 5.92. The van der Waals surface area contributed by atoms with Crippen molar-refractivity contribution in [2.24, 2.45) is 0 Å². The zero-order chi connectivity index (χ0) is 17.4. The molecule has 0 heterocycles. The van der Waals surface area contributed by atoms with Gasteiger partial charge in [0.2, 0.25) is 0 Å². The minimum atomic E-state index is -0.772. The molecule has 4 nitrogen and oxygen atoms in total. The van der Waals surface area contributed by atoms with E-state index in [1.807, 2.05) is 24.3 Å². The second-order valence-corrected chi connectivity index (χ2v) is 5.92. The molecular weight excluding hydrogens is 304 g/mol. The molecule has 2 aromatic carbocycles. The van der Waals surface area contributed by atoms with Crippen LogP contribution >= 0.6 is 0 Å². The molecule has 2 rings (SSSR count).